The molecule has 122 valence electrons. The van der Waals surface area contributed by atoms with Gasteiger partial charge in [-0.15, -0.1) is 0 Å². The first-order chi connectivity index (χ1) is 12.2. The average molecular weight is 351 g/mol. The average Bonchev–Trinajstić information content (AvgIpc) is 3.24. The second-order valence-electron chi connectivity index (χ2n) is 5.49. The summed E-state index contributed by atoms with van der Waals surface area (Å²) >= 11 is 5.95. The van der Waals surface area contributed by atoms with Gasteiger partial charge in [0, 0.05) is 10.6 Å². The molecule has 3 N–H and O–H groups in total. The summed E-state index contributed by atoms with van der Waals surface area (Å²) in [7, 11) is 1.61. The number of halogens is 1. The molecule has 0 unspecified atom stereocenters. The summed E-state index contributed by atoms with van der Waals surface area (Å²) < 4.78 is 5.59. The molecule has 0 aliphatic carbocycles. The Hall–Kier alpha value is -3.14. The normalized spacial score (nSPS) is 13.9. The zero-order valence-corrected chi connectivity index (χ0v) is 14.0. The topological polar surface area (TPSA) is 90.7 Å². The molecule has 0 bridgehead atoms. The number of nitriles is 1. The van der Waals surface area contributed by atoms with Crippen molar-refractivity contribution in [3.8, 4) is 6.07 Å². The highest BCUT2D eigenvalue weighted by atomic mass is 35.5. The molecule has 25 heavy (non-hydrogen) atoms. The van der Waals surface area contributed by atoms with E-state index in [-0.39, 0.29) is 0 Å². The summed E-state index contributed by atoms with van der Waals surface area (Å²) in [5.41, 5.74) is 6.30. The molecule has 0 fully saturated rings. The van der Waals surface area contributed by atoms with Gasteiger partial charge in [0.15, 0.2) is 11.5 Å². The van der Waals surface area contributed by atoms with Gasteiger partial charge in [-0.05, 0) is 30.3 Å². The molecule has 6 nitrogen and oxygen atoms in total. The van der Waals surface area contributed by atoms with E-state index in [0.29, 0.717) is 22.2 Å². The van der Waals surface area contributed by atoms with Gasteiger partial charge >= 0.3 is 0 Å². The lowest BCUT2D eigenvalue weighted by Crippen LogP contribution is -2.73. The molecule has 0 saturated heterocycles. The molecule has 2 aromatic carbocycles. The van der Waals surface area contributed by atoms with Gasteiger partial charge in [-0.1, -0.05) is 28.8 Å². The molecular formula is C18H13ClN5O+. The Morgan fingerprint density at radius 2 is 2.00 bits per heavy atom. The third-order valence-corrected chi connectivity index (χ3v) is 4.22. The summed E-state index contributed by atoms with van der Waals surface area (Å²) in [4.78, 5) is 7.81. The summed E-state index contributed by atoms with van der Waals surface area (Å²) in [6.07, 6.45) is 0. The van der Waals surface area contributed by atoms with Gasteiger partial charge in [-0.25, -0.2) is 4.98 Å². The number of ether oxygens (including phenoxy) is 1. The van der Waals surface area contributed by atoms with Crippen molar-refractivity contribution in [1.82, 2.24) is 9.97 Å². The Balaban J connectivity index is 1.78. The number of nitrogens with two attached hydrogens (primary N) is 1. The van der Waals surface area contributed by atoms with E-state index in [9.17, 15) is 0 Å². The van der Waals surface area contributed by atoms with Crippen LogP contribution in [0.2, 0.25) is 5.02 Å². The van der Waals surface area contributed by atoms with Crippen molar-refractivity contribution in [2.45, 2.75) is 0 Å². The second kappa shape index (κ2) is 6.06. The number of quaternary nitrogens is 1. The second-order valence-corrected chi connectivity index (χ2v) is 5.93. The van der Waals surface area contributed by atoms with E-state index in [2.05, 4.69) is 21.1 Å². The van der Waals surface area contributed by atoms with E-state index < -0.39 is 0 Å². The number of rotatable bonds is 3. The van der Waals surface area contributed by atoms with Crippen molar-refractivity contribution in [2.75, 3.05) is 7.11 Å². The van der Waals surface area contributed by atoms with Gasteiger partial charge < -0.3 is 9.72 Å². The molecule has 3 aromatic rings. The van der Waals surface area contributed by atoms with Crippen LogP contribution in [0.1, 0.15) is 17.0 Å². The first-order valence-corrected chi connectivity index (χ1v) is 7.93. The molecule has 1 aliphatic heterocycles. The van der Waals surface area contributed by atoms with Crippen molar-refractivity contribution in [2.24, 2.45) is 5.10 Å². The van der Waals surface area contributed by atoms with Crippen molar-refractivity contribution >= 4 is 34.0 Å². The van der Waals surface area contributed by atoms with Gasteiger partial charge in [0.05, 0.1) is 29.8 Å². The predicted octanol–water partition coefficient (Wildman–Crippen LogP) is 2.38. The van der Waals surface area contributed by atoms with Gasteiger partial charge in [0.2, 0.25) is 11.5 Å². The SMILES string of the molecule is COC1=C(c2nc3ccc(C#N)cc3[nH]2)[NH2+]N=C1c1ccc(Cl)cc1. The molecule has 4 rings (SSSR count). The highest BCUT2D eigenvalue weighted by molar-refractivity contribution is 6.30. The predicted molar refractivity (Wildman–Crippen MR) is 94.7 cm³/mol. The fraction of sp³-hybridized carbons (Fsp3) is 0.0556. The molecule has 1 aliphatic rings. The Morgan fingerprint density at radius 3 is 2.72 bits per heavy atom. The number of hydrogen-bond donors (Lipinski definition) is 2. The lowest BCUT2D eigenvalue weighted by atomic mass is 10.1. The summed E-state index contributed by atoms with van der Waals surface area (Å²) in [6, 6.07) is 14.9. The molecule has 0 amide bonds. The van der Waals surface area contributed by atoms with Crippen LogP contribution < -0.4 is 5.43 Å². The number of benzene rings is 2. The van der Waals surface area contributed by atoms with Crippen LogP contribution in [0.25, 0.3) is 16.7 Å². The molecule has 0 radical (unpaired) electrons. The molecule has 2 heterocycles. The highest BCUT2D eigenvalue weighted by Gasteiger charge is 2.30. The van der Waals surface area contributed by atoms with Crippen LogP contribution in [-0.4, -0.2) is 22.8 Å². The molecular weight excluding hydrogens is 338 g/mol. The molecule has 7 heteroatoms. The molecule has 1 aromatic heterocycles. The fourth-order valence-electron chi connectivity index (χ4n) is 2.77. The van der Waals surface area contributed by atoms with Gasteiger partial charge in [-0.2, -0.15) is 10.7 Å². The number of methoxy groups -OCH3 is 1. The largest absolute Gasteiger partial charge is 0.489 e. The Labute approximate surface area is 148 Å². The van der Waals surface area contributed by atoms with Crippen LogP contribution in [0.4, 0.5) is 0 Å². The van der Waals surface area contributed by atoms with E-state index in [1.54, 1.807) is 24.7 Å². The van der Waals surface area contributed by atoms with Gasteiger partial charge in [0.1, 0.15) is 0 Å². The third kappa shape index (κ3) is 2.66. The lowest BCUT2D eigenvalue weighted by molar-refractivity contribution is -0.566. The van der Waals surface area contributed by atoms with Crippen molar-refractivity contribution in [3.05, 3.63) is 70.2 Å². The highest BCUT2D eigenvalue weighted by Crippen LogP contribution is 2.23. The first-order valence-electron chi connectivity index (χ1n) is 7.55. The minimum atomic E-state index is 0.581. The van der Waals surface area contributed by atoms with Crippen LogP contribution >= 0.6 is 11.6 Å². The number of nitrogens with one attached hydrogen (secondary N) is 1. The summed E-state index contributed by atoms with van der Waals surface area (Å²) in [5.74, 6) is 1.29. The van der Waals surface area contributed by atoms with Crippen molar-refractivity contribution < 1.29 is 10.2 Å². The number of imidazole rings is 1. The minimum absolute atomic E-state index is 0.581. The summed E-state index contributed by atoms with van der Waals surface area (Å²) in [5, 5.41) is 14.2. The van der Waals surface area contributed by atoms with Crippen LogP contribution in [0.5, 0.6) is 0 Å². The van der Waals surface area contributed by atoms with Crippen molar-refractivity contribution in [1.29, 1.82) is 5.26 Å². The summed E-state index contributed by atoms with van der Waals surface area (Å²) in [6.45, 7) is 0. The number of hydrogen-bond acceptors (Lipinski definition) is 4. The number of allylic oxidation sites excluding steroid dienone is 1. The molecule has 0 saturated carbocycles. The number of aromatic nitrogens is 2. The van der Waals surface area contributed by atoms with Crippen LogP contribution in [-0.2, 0) is 4.74 Å². The minimum Gasteiger partial charge on any atom is -0.489 e. The van der Waals surface area contributed by atoms with E-state index in [1.807, 2.05) is 30.3 Å². The zero-order chi connectivity index (χ0) is 17.4. The van der Waals surface area contributed by atoms with Gasteiger partial charge in [0.25, 0.3) is 0 Å². The Bertz CT molecular complexity index is 1070. The molecule has 0 spiro atoms. The molecule has 0 atom stereocenters. The van der Waals surface area contributed by atoms with E-state index in [1.165, 1.54) is 0 Å². The number of H-pyrrole nitrogens is 1. The van der Waals surface area contributed by atoms with E-state index >= 15 is 0 Å². The van der Waals surface area contributed by atoms with Gasteiger partial charge in [-0.3, -0.25) is 0 Å². The maximum absolute atomic E-state index is 9.03. The van der Waals surface area contributed by atoms with E-state index in [4.69, 9.17) is 21.6 Å². The van der Waals surface area contributed by atoms with Crippen LogP contribution in [0.3, 0.4) is 0 Å². The number of nitrogens with zero attached hydrogens (tertiary/aromatic N) is 3. The van der Waals surface area contributed by atoms with E-state index in [0.717, 1.165) is 28.0 Å². The fourth-order valence-corrected chi connectivity index (χ4v) is 2.90. The zero-order valence-electron chi connectivity index (χ0n) is 13.2. The maximum atomic E-state index is 9.03. The first kappa shape index (κ1) is 15.4. The smallest absolute Gasteiger partial charge is 0.243 e. The lowest BCUT2D eigenvalue weighted by Gasteiger charge is -2.03. The third-order valence-electron chi connectivity index (χ3n) is 3.97. The van der Waals surface area contributed by atoms with Crippen LogP contribution in [0, 0.1) is 11.3 Å². The number of fused-ring (bicyclic) bond motifs is 1. The quantitative estimate of drug-likeness (QED) is 0.710. The van der Waals surface area contributed by atoms with Crippen LogP contribution in [0.15, 0.2) is 53.3 Å². The van der Waals surface area contributed by atoms with Crippen molar-refractivity contribution in [3.63, 3.8) is 0 Å². The Kier molecular flexibility index (Phi) is 3.73. The maximum Gasteiger partial charge on any atom is 0.243 e. The number of aromatic amines is 1. The monoisotopic (exact) mass is 350 g/mol. The standard InChI is InChI=1S/C18H12ClN5O/c1-25-17-15(11-3-5-12(19)6-4-11)23-24-16(17)18-21-13-7-2-10(9-20)8-14(13)22-18/h2-8H,1H3,(H,21,22)(H,23,24)/p+1. The Morgan fingerprint density at radius 1 is 1.20 bits per heavy atom.